The van der Waals surface area contributed by atoms with Crippen molar-refractivity contribution >= 4 is 23.3 Å². The van der Waals surface area contributed by atoms with Gasteiger partial charge in [0.2, 0.25) is 11.0 Å². The van der Waals surface area contributed by atoms with E-state index in [-0.39, 0.29) is 5.82 Å². The summed E-state index contributed by atoms with van der Waals surface area (Å²) in [4.78, 5) is 12.5. The number of hydrogen-bond acceptors (Lipinski definition) is 7. The van der Waals surface area contributed by atoms with Gasteiger partial charge < -0.3 is 15.9 Å². The van der Waals surface area contributed by atoms with E-state index in [1.54, 1.807) is 7.11 Å². The van der Waals surface area contributed by atoms with Gasteiger partial charge in [-0.1, -0.05) is 49.0 Å². The Morgan fingerprint density at radius 1 is 1.15 bits per heavy atom. The van der Waals surface area contributed by atoms with E-state index in [0.717, 1.165) is 33.7 Å². The molecule has 0 radical (unpaired) electrons. The zero-order valence-corrected chi connectivity index (χ0v) is 16.0. The molecule has 0 bridgehead atoms. The SMILES string of the molecule is CCc1ccccc1Nc1nnc(SCc2ccc(OC)cc2)n(N)c1=O. The third-order valence-electron chi connectivity index (χ3n) is 4.04. The molecule has 0 atom stereocenters. The van der Waals surface area contributed by atoms with Crippen molar-refractivity contribution in [2.24, 2.45) is 0 Å². The van der Waals surface area contributed by atoms with Crippen LogP contribution in [0.2, 0.25) is 0 Å². The maximum absolute atomic E-state index is 12.5. The Morgan fingerprint density at radius 3 is 2.59 bits per heavy atom. The highest BCUT2D eigenvalue weighted by Crippen LogP contribution is 2.22. The summed E-state index contributed by atoms with van der Waals surface area (Å²) in [6, 6.07) is 15.4. The van der Waals surface area contributed by atoms with Crippen molar-refractivity contribution in [3.8, 4) is 5.75 Å². The minimum Gasteiger partial charge on any atom is -0.497 e. The van der Waals surface area contributed by atoms with Crippen LogP contribution in [0.15, 0.2) is 58.5 Å². The smallest absolute Gasteiger partial charge is 0.315 e. The Labute approximate surface area is 161 Å². The first-order valence-corrected chi connectivity index (χ1v) is 9.46. The Hall–Kier alpha value is -3.00. The lowest BCUT2D eigenvalue weighted by Crippen LogP contribution is -2.32. The Bertz CT molecular complexity index is 973. The second-order valence-electron chi connectivity index (χ2n) is 5.78. The zero-order valence-electron chi connectivity index (χ0n) is 15.2. The van der Waals surface area contributed by atoms with Crippen LogP contribution in [0.4, 0.5) is 11.5 Å². The molecule has 2 aromatic carbocycles. The molecular weight excluding hydrogens is 362 g/mol. The molecule has 0 saturated heterocycles. The average molecular weight is 383 g/mol. The van der Waals surface area contributed by atoms with E-state index in [9.17, 15) is 4.79 Å². The molecule has 140 valence electrons. The van der Waals surface area contributed by atoms with Gasteiger partial charge in [-0.2, -0.15) is 4.68 Å². The molecule has 0 fully saturated rings. The van der Waals surface area contributed by atoms with Crippen LogP contribution in [0.25, 0.3) is 0 Å². The first kappa shape index (κ1) is 18.8. The molecule has 3 aromatic rings. The fraction of sp³-hybridized carbons (Fsp3) is 0.211. The Balaban J connectivity index is 1.75. The molecule has 27 heavy (non-hydrogen) atoms. The Morgan fingerprint density at radius 2 is 1.89 bits per heavy atom. The van der Waals surface area contributed by atoms with E-state index in [1.165, 1.54) is 11.8 Å². The highest BCUT2D eigenvalue weighted by atomic mass is 32.2. The number of methoxy groups -OCH3 is 1. The first-order valence-electron chi connectivity index (χ1n) is 8.47. The van der Waals surface area contributed by atoms with Crippen molar-refractivity contribution < 1.29 is 4.74 Å². The summed E-state index contributed by atoms with van der Waals surface area (Å²) < 4.78 is 6.17. The van der Waals surface area contributed by atoms with Gasteiger partial charge in [-0.3, -0.25) is 4.79 Å². The number of nitrogens with one attached hydrogen (secondary N) is 1. The predicted molar refractivity (Wildman–Crippen MR) is 108 cm³/mol. The third-order valence-corrected chi connectivity index (χ3v) is 5.06. The van der Waals surface area contributed by atoms with Crippen molar-refractivity contribution in [2.45, 2.75) is 24.3 Å². The number of anilines is 2. The number of hydrogen-bond donors (Lipinski definition) is 2. The third kappa shape index (κ3) is 4.40. The lowest BCUT2D eigenvalue weighted by atomic mass is 10.1. The number of ether oxygens (including phenoxy) is 1. The lowest BCUT2D eigenvalue weighted by Gasteiger charge is -2.11. The summed E-state index contributed by atoms with van der Waals surface area (Å²) in [5, 5.41) is 11.5. The number of aryl methyl sites for hydroxylation is 1. The minimum atomic E-state index is -0.423. The van der Waals surface area contributed by atoms with Gasteiger partial charge in [0.1, 0.15) is 5.75 Å². The molecule has 3 rings (SSSR count). The van der Waals surface area contributed by atoms with Crippen LogP contribution in [-0.4, -0.2) is 22.0 Å². The van der Waals surface area contributed by atoms with Crippen molar-refractivity contribution in [1.29, 1.82) is 0 Å². The van der Waals surface area contributed by atoms with Crippen molar-refractivity contribution in [1.82, 2.24) is 14.9 Å². The molecule has 1 heterocycles. The van der Waals surface area contributed by atoms with Gasteiger partial charge in [-0.15, -0.1) is 10.2 Å². The monoisotopic (exact) mass is 383 g/mol. The zero-order chi connectivity index (χ0) is 19.2. The number of nitrogens with zero attached hydrogens (tertiary/aromatic N) is 3. The van der Waals surface area contributed by atoms with Crippen LogP contribution >= 0.6 is 11.8 Å². The van der Waals surface area contributed by atoms with Crippen LogP contribution < -0.4 is 21.5 Å². The number of para-hydroxylation sites is 1. The molecule has 0 aliphatic carbocycles. The topological polar surface area (TPSA) is 95.1 Å². The largest absolute Gasteiger partial charge is 0.497 e. The van der Waals surface area contributed by atoms with Gasteiger partial charge in [-0.25, -0.2) is 0 Å². The van der Waals surface area contributed by atoms with E-state index in [4.69, 9.17) is 10.6 Å². The summed E-state index contributed by atoms with van der Waals surface area (Å²) >= 11 is 1.35. The molecule has 0 spiro atoms. The summed E-state index contributed by atoms with van der Waals surface area (Å²) in [5.74, 6) is 7.45. The fourth-order valence-electron chi connectivity index (χ4n) is 2.51. The van der Waals surface area contributed by atoms with E-state index in [2.05, 4.69) is 15.5 Å². The molecule has 0 aliphatic rings. The molecule has 0 saturated carbocycles. The normalized spacial score (nSPS) is 10.6. The molecule has 0 unspecified atom stereocenters. The van der Waals surface area contributed by atoms with Crippen LogP contribution in [-0.2, 0) is 12.2 Å². The number of rotatable bonds is 7. The minimum absolute atomic E-state index is 0.104. The average Bonchev–Trinajstić information content (AvgIpc) is 2.71. The van der Waals surface area contributed by atoms with Crippen LogP contribution in [0, 0.1) is 0 Å². The van der Waals surface area contributed by atoms with E-state index in [1.807, 2.05) is 55.5 Å². The van der Waals surface area contributed by atoms with Gasteiger partial charge in [0.25, 0.3) is 0 Å². The molecular formula is C19H21N5O2S. The molecule has 0 amide bonds. The molecule has 7 nitrogen and oxygen atoms in total. The van der Waals surface area contributed by atoms with E-state index in [0.29, 0.717) is 10.9 Å². The second-order valence-corrected chi connectivity index (χ2v) is 6.72. The predicted octanol–water partition coefficient (Wildman–Crippen LogP) is 2.96. The summed E-state index contributed by atoms with van der Waals surface area (Å²) in [5.41, 5.74) is 2.55. The lowest BCUT2D eigenvalue weighted by molar-refractivity contribution is 0.414. The van der Waals surface area contributed by atoms with Gasteiger partial charge >= 0.3 is 5.56 Å². The summed E-state index contributed by atoms with van der Waals surface area (Å²) in [6.07, 6.45) is 0.837. The molecule has 1 aromatic heterocycles. The molecule has 8 heteroatoms. The van der Waals surface area contributed by atoms with Crippen LogP contribution in [0.1, 0.15) is 18.1 Å². The molecule has 0 aliphatic heterocycles. The second kappa shape index (κ2) is 8.59. The summed E-state index contributed by atoms with van der Waals surface area (Å²) in [7, 11) is 1.63. The van der Waals surface area contributed by atoms with Crippen LogP contribution in [0.3, 0.4) is 0 Å². The maximum atomic E-state index is 12.5. The number of aromatic nitrogens is 3. The van der Waals surface area contributed by atoms with E-state index >= 15 is 0 Å². The Kier molecular flexibility index (Phi) is 5.97. The first-order chi connectivity index (χ1) is 13.1. The standard InChI is InChI=1S/C19H21N5O2S/c1-3-14-6-4-5-7-16(14)21-17-18(25)24(20)19(23-22-17)27-12-13-8-10-15(26-2)11-9-13/h4-11H,3,12,20H2,1-2H3,(H,21,22). The maximum Gasteiger partial charge on any atom is 0.315 e. The number of nitrogen functional groups attached to an aromatic ring is 1. The molecule has 3 N–H and O–H groups in total. The van der Waals surface area contributed by atoms with Gasteiger partial charge in [0, 0.05) is 11.4 Å². The van der Waals surface area contributed by atoms with Crippen LogP contribution in [0.5, 0.6) is 5.75 Å². The van der Waals surface area contributed by atoms with Gasteiger partial charge in [0.05, 0.1) is 7.11 Å². The van der Waals surface area contributed by atoms with Gasteiger partial charge in [0.15, 0.2) is 0 Å². The van der Waals surface area contributed by atoms with Gasteiger partial charge in [-0.05, 0) is 35.7 Å². The van der Waals surface area contributed by atoms with Crippen molar-refractivity contribution in [3.63, 3.8) is 0 Å². The summed E-state index contributed by atoms with van der Waals surface area (Å²) in [6.45, 7) is 2.05. The fourth-order valence-corrected chi connectivity index (χ4v) is 3.32. The number of benzene rings is 2. The van der Waals surface area contributed by atoms with Crippen molar-refractivity contribution in [2.75, 3.05) is 18.3 Å². The van der Waals surface area contributed by atoms with E-state index < -0.39 is 5.56 Å². The number of thioether (sulfide) groups is 1. The van der Waals surface area contributed by atoms with Crippen molar-refractivity contribution in [3.05, 3.63) is 70.0 Å². The highest BCUT2D eigenvalue weighted by molar-refractivity contribution is 7.98. The quantitative estimate of drug-likeness (QED) is 0.478. The number of nitrogens with two attached hydrogens (primary N) is 1. The highest BCUT2D eigenvalue weighted by Gasteiger charge is 2.12.